The molecule has 0 aliphatic carbocycles. The average Bonchev–Trinajstić information content (AvgIpc) is 2.28. The summed E-state index contributed by atoms with van der Waals surface area (Å²) in [7, 11) is 1.37. The molecule has 0 unspecified atom stereocenters. The minimum absolute atomic E-state index is 0.0178. The van der Waals surface area contributed by atoms with Gasteiger partial charge in [-0.3, -0.25) is 15.5 Å². The lowest BCUT2D eigenvalue weighted by atomic mass is 10.2. The topological polar surface area (TPSA) is 103 Å². The quantitative estimate of drug-likeness (QED) is 0.356. The first-order valence-corrected chi connectivity index (χ1v) is 4.86. The van der Waals surface area contributed by atoms with Crippen molar-refractivity contribution in [2.75, 3.05) is 7.11 Å². The standard InChI is InChI=1S/C9H10N4O3S/c1-16-8-3-2-6(4-7(8)13(14)15)5-11-12-9(10)17/h2-5H,1H3,(H3,10,12,17)/b11-5-. The fraction of sp³-hybridized carbons (Fsp3) is 0.111. The number of nitrogens with two attached hydrogens (primary N) is 1. The van der Waals surface area contributed by atoms with Crippen molar-refractivity contribution in [2.45, 2.75) is 0 Å². The third-order valence-corrected chi connectivity index (χ3v) is 1.88. The third kappa shape index (κ3) is 3.68. The molecular weight excluding hydrogens is 244 g/mol. The van der Waals surface area contributed by atoms with Gasteiger partial charge in [-0.25, -0.2) is 0 Å². The molecule has 8 heteroatoms. The second-order valence-corrected chi connectivity index (χ2v) is 3.36. The molecule has 3 N–H and O–H groups in total. The highest BCUT2D eigenvalue weighted by atomic mass is 32.1. The molecule has 0 amide bonds. The summed E-state index contributed by atoms with van der Waals surface area (Å²) in [6, 6.07) is 4.44. The van der Waals surface area contributed by atoms with E-state index >= 15 is 0 Å². The van der Waals surface area contributed by atoms with E-state index < -0.39 is 4.92 Å². The van der Waals surface area contributed by atoms with E-state index in [2.05, 4.69) is 22.7 Å². The molecule has 0 saturated carbocycles. The molecule has 0 fully saturated rings. The molecule has 0 heterocycles. The van der Waals surface area contributed by atoms with Crippen molar-refractivity contribution in [3.63, 3.8) is 0 Å². The predicted octanol–water partition coefficient (Wildman–Crippen LogP) is 0.771. The van der Waals surface area contributed by atoms with Crippen molar-refractivity contribution < 1.29 is 9.66 Å². The Hall–Kier alpha value is -2.22. The molecule has 0 aliphatic heterocycles. The number of nitrogens with one attached hydrogen (secondary N) is 1. The number of hydrogen-bond acceptors (Lipinski definition) is 5. The lowest BCUT2D eigenvalue weighted by Gasteiger charge is -2.01. The number of nitro groups is 1. The van der Waals surface area contributed by atoms with E-state index in [1.54, 1.807) is 6.07 Å². The second-order valence-electron chi connectivity index (χ2n) is 2.92. The van der Waals surface area contributed by atoms with Gasteiger partial charge in [0.1, 0.15) is 0 Å². The summed E-state index contributed by atoms with van der Waals surface area (Å²) in [6.45, 7) is 0. The van der Waals surface area contributed by atoms with Gasteiger partial charge in [0.2, 0.25) is 0 Å². The van der Waals surface area contributed by atoms with Gasteiger partial charge in [0, 0.05) is 11.6 Å². The number of benzene rings is 1. The molecule has 0 saturated heterocycles. The van der Waals surface area contributed by atoms with Crippen LogP contribution in [-0.2, 0) is 0 Å². The van der Waals surface area contributed by atoms with Crippen molar-refractivity contribution >= 4 is 29.2 Å². The van der Waals surface area contributed by atoms with Crippen LogP contribution in [0.4, 0.5) is 5.69 Å². The van der Waals surface area contributed by atoms with Gasteiger partial charge < -0.3 is 10.5 Å². The number of hydrazone groups is 1. The van der Waals surface area contributed by atoms with Crippen LogP contribution < -0.4 is 15.9 Å². The van der Waals surface area contributed by atoms with E-state index in [-0.39, 0.29) is 16.5 Å². The molecule has 7 nitrogen and oxygen atoms in total. The molecule has 0 aliphatic rings. The summed E-state index contributed by atoms with van der Waals surface area (Å²) < 4.78 is 4.86. The Morgan fingerprint density at radius 2 is 2.41 bits per heavy atom. The first-order chi connectivity index (χ1) is 8.04. The summed E-state index contributed by atoms with van der Waals surface area (Å²) in [5.74, 6) is 0.189. The molecule has 17 heavy (non-hydrogen) atoms. The lowest BCUT2D eigenvalue weighted by molar-refractivity contribution is -0.385. The van der Waals surface area contributed by atoms with Crippen molar-refractivity contribution in [3.8, 4) is 5.75 Å². The number of nitro benzene ring substituents is 1. The lowest BCUT2D eigenvalue weighted by Crippen LogP contribution is -2.23. The Morgan fingerprint density at radius 3 is 2.94 bits per heavy atom. The highest BCUT2D eigenvalue weighted by Gasteiger charge is 2.14. The zero-order chi connectivity index (χ0) is 12.8. The first-order valence-electron chi connectivity index (χ1n) is 4.45. The van der Waals surface area contributed by atoms with E-state index in [1.165, 1.54) is 25.5 Å². The largest absolute Gasteiger partial charge is 0.490 e. The Morgan fingerprint density at radius 1 is 1.71 bits per heavy atom. The van der Waals surface area contributed by atoms with Crippen LogP contribution in [0.3, 0.4) is 0 Å². The van der Waals surface area contributed by atoms with E-state index in [9.17, 15) is 10.1 Å². The van der Waals surface area contributed by atoms with E-state index in [1.807, 2.05) is 0 Å². The van der Waals surface area contributed by atoms with Gasteiger partial charge in [-0.15, -0.1) is 0 Å². The molecule has 0 spiro atoms. The maximum atomic E-state index is 10.7. The van der Waals surface area contributed by atoms with Crippen LogP contribution in [0, 0.1) is 10.1 Å². The zero-order valence-electron chi connectivity index (χ0n) is 8.91. The number of nitrogens with zero attached hydrogens (tertiary/aromatic N) is 2. The normalized spacial score (nSPS) is 10.2. The summed E-state index contributed by atoms with van der Waals surface area (Å²) in [6.07, 6.45) is 1.37. The van der Waals surface area contributed by atoms with Crippen LogP contribution >= 0.6 is 12.2 Å². The van der Waals surface area contributed by atoms with Crippen LogP contribution in [0.25, 0.3) is 0 Å². The van der Waals surface area contributed by atoms with Gasteiger partial charge in [0.15, 0.2) is 10.9 Å². The molecular formula is C9H10N4O3S. The van der Waals surface area contributed by atoms with Gasteiger partial charge in [0.25, 0.3) is 0 Å². The van der Waals surface area contributed by atoms with Crippen LogP contribution in [-0.4, -0.2) is 23.4 Å². The maximum absolute atomic E-state index is 10.7. The summed E-state index contributed by atoms with van der Waals surface area (Å²) in [5, 5.41) is 14.4. The smallest absolute Gasteiger partial charge is 0.311 e. The van der Waals surface area contributed by atoms with Crippen LogP contribution in [0.2, 0.25) is 0 Å². The molecule has 0 atom stereocenters. The number of methoxy groups -OCH3 is 1. The molecule has 0 aromatic heterocycles. The van der Waals surface area contributed by atoms with Crippen LogP contribution in [0.1, 0.15) is 5.56 Å². The number of thiocarbonyl (C=S) groups is 1. The molecule has 1 rings (SSSR count). The molecule has 0 bridgehead atoms. The van der Waals surface area contributed by atoms with E-state index in [4.69, 9.17) is 10.5 Å². The average molecular weight is 254 g/mol. The summed E-state index contributed by atoms with van der Waals surface area (Å²) in [4.78, 5) is 10.2. The Labute approximate surface area is 102 Å². The number of hydrogen-bond donors (Lipinski definition) is 2. The van der Waals surface area contributed by atoms with Crippen molar-refractivity contribution in [2.24, 2.45) is 10.8 Å². The molecule has 0 radical (unpaired) electrons. The fourth-order valence-electron chi connectivity index (χ4n) is 1.10. The SMILES string of the molecule is COc1ccc(/C=N\NC(N)=S)cc1[N+](=O)[O-]. The monoisotopic (exact) mass is 254 g/mol. The minimum atomic E-state index is -0.531. The van der Waals surface area contributed by atoms with Crippen LogP contribution in [0.15, 0.2) is 23.3 Å². The van der Waals surface area contributed by atoms with Crippen LogP contribution in [0.5, 0.6) is 5.75 Å². The first kappa shape index (κ1) is 12.8. The maximum Gasteiger partial charge on any atom is 0.311 e. The van der Waals surface area contributed by atoms with Crippen molar-refractivity contribution in [1.29, 1.82) is 0 Å². The Kier molecular flexibility index (Phi) is 4.35. The minimum Gasteiger partial charge on any atom is -0.490 e. The van der Waals surface area contributed by atoms with Crippen molar-refractivity contribution in [1.82, 2.24) is 5.43 Å². The van der Waals surface area contributed by atoms with E-state index in [0.29, 0.717) is 5.56 Å². The Balaban J connectivity index is 2.96. The second kappa shape index (κ2) is 5.75. The fourth-order valence-corrected chi connectivity index (χ4v) is 1.15. The van der Waals surface area contributed by atoms with Gasteiger partial charge in [0.05, 0.1) is 18.2 Å². The third-order valence-electron chi connectivity index (χ3n) is 1.79. The van der Waals surface area contributed by atoms with Gasteiger partial charge >= 0.3 is 5.69 Å². The zero-order valence-corrected chi connectivity index (χ0v) is 9.73. The summed E-state index contributed by atoms with van der Waals surface area (Å²) >= 11 is 4.54. The molecule has 90 valence electrons. The molecule has 1 aromatic carbocycles. The van der Waals surface area contributed by atoms with Crippen molar-refractivity contribution in [3.05, 3.63) is 33.9 Å². The van der Waals surface area contributed by atoms with Gasteiger partial charge in [-0.05, 0) is 24.4 Å². The van der Waals surface area contributed by atoms with Gasteiger partial charge in [-0.2, -0.15) is 5.10 Å². The predicted molar refractivity (Wildman–Crippen MR) is 67.2 cm³/mol. The number of ether oxygens (including phenoxy) is 1. The molecule has 1 aromatic rings. The highest BCUT2D eigenvalue weighted by Crippen LogP contribution is 2.26. The summed E-state index contributed by atoms with van der Waals surface area (Å²) in [5.41, 5.74) is 7.90. The number of rotatable bonds is 4. The highest BCUT2D eigenvalue weighted by molar-refractivity contribution is 7.80. The van der Waals surface area contributed by atoms with Gasteiger partial charge in [-0.1, -0.05) is 0 Å². The van der Waals surface area contributed by atoms with E-state index in [0.717, 1.165) is 0 Å². The Bertz CT molecular complexity index is 475.